The molecule has 6 rings (SSSR count). The van der Waals surface area contributed by atoms with Crippen molar-refractivity contribution in [2.24, 2.45) is 0 Å². The Hall–Kier alpha value is -3.17. The highest BCUT2D eigenvalue weighted by atomic mass is 35.5. The molecule has 1 aliphatic rings. The van der Waals surface area contributed by atoms with Gasteiger partial charge in [-0.05, 0) is 41.8 Å². The Morgan fingerprint density at radius 3 is 2.57 bits per heavy atom. The van der Waals surface area contributed by atoms with Crippen molar-refractivity contribution in [3.8, 4) is 10.6 Å². The molecule has 0 spiro atoms. The zero-order chi connectivity index (χ0) is 24.6. The molecule has 0 radical (unpaired) electrons. The van der Waals surface area contributed by atoms with Crippen molar-refractivity contribution in [2.75, 3.05) is 11.9 Å². The fourth-order valence-corrected chi connectivity index (χ4v) is 6.97. The first kappa shape index (κ1) is 25.5. The molecule has 0 unspecified atom stereocenters. The van der Waals surface area contributed by atoms with Gasteiger partial charge in [0.25, 0.3) is 5.91 Å². The number of thiophene rings is 1. The molecule has 3 heterocycles. The Bertz CT molecular complexity index is 1550. The number of fused-ring (bicyclic) bond motifs is 2. The van der Waals surface area contributed by atoms with Gasteiger partial charge in [0.05, 0.1) is 15.8 Å². The quantitative estimate of drug-likeness (QED) is 0.244. The number of amides is 1. The third kappa shape index (κ3) is 5.15. The maximum Gasteiger partial charge on any atom is 0.259 e. The van der Waals surface area contributed by atoms with Crippen LogP contribution in [0.5, 0.6) is 0 Å². The highest BCUT2D eigenvalue weighted by Crippen LogP contribution is 2.46. The lowest BCUT2D eigenvalue weighted by molar-refractivity contribution is 0.102. The molecule has 0 saturated heterocycles. The second kappa shape index (κ2) is 10.7. The maximum absolute atomic E-state index is 14.3. The summed E-state index contributed by atoms with van der Waals surface area (Å²) in [5, 5.41) is 4.40. The Balaban J connectivity index is 0.00000280. The van der Waals surface area contributed by atoms with E-state index < -0.39 is 17.5 Å². The maximum atomic E-state index is 14.3. The number of aromatic nitrogens is 1. The van der Waals surface area contributed by atoms with Gasteiger partial charge >= 0.3 is 0 Å². The smallest absolute Gasteiger partial charge is 0.259 e. The van der Waals surface area contributed by atoms with Gasteiger partial charge in [-0.3, -0.25) is 9.69 Å². The minimum atomic E-state index is -0.885. The summed E-state index contributed by atoms with van der Waals surface area (Å²) in [4.78, 5) is 21.4. The Morgan fingerprint density at radius 2 is 1.78 bits per heavy atom. The van der Waals surface area contributed by atoms with Crippen LogP contribution in [0.1, 0.15) is 26.4 Å². The molecule has 1 N–H and O–H groups in total. The number of rotatable bonds is 5. The number of hydrogen-bond donors (Lipinski definition) is 1. The van der Waals surface area contributed by atoms with Gasteiger partial charge in [0, 0.05) is 36.1 Å². The van der Waals surface area contributed by atoms with E-state index in [1.165, 1.54) is 33.4 Å². The van der Waals surface area contributed by atoms with E-state index in [4.69, 9.17) is 4.98 Å². The Kier molecular flexibility index (Phi) is 7.35. The number of anilines is 1. The lowest BCUT2D eigenvalue weighted by Crippen LogP contribution is -2.29. The minimum Gasteiger partial charge on any atom is -0.313 e. The summed E-state index contributed by atoms with van der Waals surface area (Å²) in [7, 11) is 0. The average Bonchev–Trinajstić information content (AvgIpc) is 3.44. The van der Waals surface area contributed by atoms with E-state index >= 15 is 0 Å². The molecule has 0 atom stereocenters. The van der Waals surface area contributed by atoms with Crippen molar-refractivity contribution >= 4 is 56.2 Å². The van der Waals surface area contributed by atoms with Crippen molar-refractivity contribution in [3.05, 3.63) is 106 Å². The molecule has 37 heavy (non-hydrogen) atoms. The van der Waals surface area contributed by atoms with Crippen LogP contribution in [0.15, 0.2) is 72.8 Å². The first-order valence-electron chi connectivity index (χ1n) is 11.6. The van der Waals surface area contributed by atoms with Crippen LogP contribution in [-0.2, 0) is 19.5 Å². The van der Waals surface area contributed by atoms with E-state index in [-0.39, 0.29) is 18.0 Å². The lowest BCUT2D eigenvalue weighted by atomic mass is 10.0. The van der Waals surface area contributed by atoms with Gasteiger partial charge in [-0.15, -0.1) is 35.1 Å². The molecule has 5 aromatic rings. The van der Waals surface area contributed by atoms with Gasteiger partial charge in [-0.25, -0.2) is 13.8 Å². The molecule has 0 saturated carbocycles. The van der Waals surface area contributed by atoms with Crippen molar-refractivity contribution in [1.82, 2.24) is 9.88 Å². The van der Waals surface area contributed by atoms with Crippen LogP contribution in [0.2, 0.25) is 0 Å². The van der Waals surface area contributed by atoms with Crippen LogP contribution in [0.3, 0.4) is 0 Å². The summed E-state index contributed by atoms with van der Waals surface area (Å²) in [6.07, 6.45) is 0.824. The monoisotopic (exact) mass is 553 g/mol. The molecule has 188 valence electrons. The van der Waals surface area contributed by atoms with Crippen molar-refractivity contribution in [1.29, 1.82) is 0 Å². The van der Waals surface area contributed by atoms with Crippen molar-refractivity contribution < 1.29 is 13.6 Å². The topological polar surface area (TPSA) is 45.2 Å². The summed E-state index contributed by atoms with van der Waals surface area (Å²) >= 11 is 3.09. The Morgan fingerprint density at radius 1 is 1.00 bits per heavy atom. The first-order valence-corrected chi connectivity index (χ1v) is 13.2. The molecular formula is C28H22ClF2N3OS2. The summed E-state index contributed by atoms with van der Waals surface area (Å²) < 4.78 is 28.8. The number of nitrogens with one attached hydrogen (secondary N) is 1. The van der Waals surface area contributed by atoms with Gasteiger partial charge in [0.1, 0.15) is 21.6 Å². The average molecular weight is 554 g/mol. The minimum absolute atomic E-state index is 0. The summed E-state index contributed by atoms with van der Waals surface area (Å²) in [6.45, 7) is 2.49. The van der Waals surface area contributed by atoms with E-state index in [2.05, 4.69) is 22.3 Å². The second-order valence-electron chi connectivity index (χ2n) is 8.72. The van der Waals surface area contributed by atoms with E-state index in [1.807, 2.05) is 42.5 Å². The van der Waals surface area contributed by atoms with Gasteiger partial charge in [0.15, 0.2) is 0 Å². The van der Waals surface area contributed by atoms with Crippen molar-refractivity contribution in [2.45, 2.75) is 19.5 Å². The third-order valence-electron chi connectivity index (χ3n) is 6.30. The molecule has 0 fully saturated rings. The summed E-state index contributed by atoms with van der Waals surface area (Å²) in [5.41, 5.74) is 4.05. The van der Waals surface area contributed by atoms with E-state index in [1.54, 1.807) is 11.3 Å². The van der Waals surface area contributed by atoms with Crippen molar-refractivity contribution in [3.63, 3.8) is 0 Å². The van der Waals surface area contributed by atoms with Crippen LogP contribution in [0.4, 0.5) is 13.8 Å². The molecular weight excluding hydrogens is 532 g/mol. The van der Waals surface area contributed by atoms with E-state index in [0.29, 0.717) is 5.00 Å². The summed E-state index contributed by atoms with van der Waals surface area (Å²) in [5.74, 6) is -2.21. The number of carbonyl (C=O) groups excluding carboxylic acids is 1. The normalized spacial score (nSPS) is 13.2. The molecule has 1 amide bonds. The first-order chi connectivity index (χ1) is 17.5. The number of thiazole rings is 1. The number of halogens is 3. The van der Waals surface area contributed by atoms with E-state index in [9.17, 15) is 13.6 Å². The van der Waals surface area contributed by atoms with Gasteiger partial charge in [0.2, 0.25) is 0 Å². The molecule has 0 bridgehead atoms. The van der Waals surface area contributed by atoms with Gasteiger partial charge < -0.3 is 5.32 Å². The second-order valence-corrected chi connectivity index (χ2v) is 10.9. The molecule has 0 aliphatic carbocycles. The SMILES string of the molecule is Cl.O=C(Nc1sc2c(c1-c1nc3ccccc3s1)CCN(Cc1ccccc1)C2)c1ccc(F)cc1F. The number of para-hydroxylation sites is 1. The molecule has 9 heteroatoms. The number of nitrogens with zero attached hydrogens (tertiary/aromatic N) is 2. The van der Waals surface area contributed by atoms with Crippen LogP contribution in [0, 0.1) is 11.6 Å². The predicted octanol–water partition coefficient (Wildman–Crippen LogP) is 7.54. The molecule has 3 aromatic carbocycles. The zero-order valence-electron chi connectivity index (χ0n) is 19.5. The van der Waals surface area contributed by atoms with E-state index in [0.717, 1.165) is 59.0 Å². The molecule has 4 nitrogen and oxygen atoms in total. The third-order valence-corrected chi connectivity index (χ3v) is 8.48. The van der Waals surface area contributed by atoms with Crippen LogP contribution >= 0.6 is 35.1 Å². The van der Waals surface area contributed by atoms with Gasteiger partial charge in [-0.1, -0.05) is 42.5 Å². The number of benzene rings is 3. The largest absolute Gasteiger partial charge is 0.313 e. The Labute approximate surface area is 227 Å². The highest BCUT2D eigenvalue weighted by Gasteiger charge is 2.28. The van der Waals surface area contributed by atoms with Crippen LogP contribution < -0.4 is 5.32 Å². The fourth-order valence-electron chi connectivity index (χ4n) is 4.57. The molecule has 2 aromatic heterocycles. The summed E-state index contributed by atoms with van der Waals surface area (Å²) in [6, 6.07) is 21.3. The number of carbonyl (C=O) groups is 1. The number of hydrogen-bond acceptors (Lipinski definition) is 5. The predicted molar refractivity (Wildman–Crippen MR) is 149 cm³/mol. The van der Waals surface area contributed by atoms with Crippen LogP contribution in [-0.4, -0.2) is 22.3 Å². The fraction of sp³-hybridized carbons (Fsp3) is 0.143. The van der Waals surface area contributed by atoms with Crippen LogP contribution in [0.25, 0.3) is 20.8 Å². The standard InChI is InChI=1S/C28H21F2N3OS2.ClH/c29-18-10-11-19(21(30)14-18)26(34)32-28-25(27-31-22-8-4-5-9-23(22)35-27)20-12-13-33(16-24(20)36-28)15-17-6-2-1-3-7-17;/h1-11,14H,12-13,15-16H2,(H,32,34);1H. The highest BCUT2D eigenvalue weighted by molar-refractivity contribution is 7.23. The molecule has 1 aliphatic heterocycles. The lowest BCUT2D eigenvalue weighted by Gasteiger charge is -2.27. The van der Waals surface area contributed by atoms with Gasteiger partial charge in [-0.2, -0.15) is 0 Å². The zero-order valence-corrected chi connectivity index (χ0v) is 22.0.